The number of amides is 1. The predicted octanol–water partition coefficient (Wildman–Crippen LogP) is 2.05. The molecule has 0 aliphatic rings. The Hall–Kier alpha value is -2.57. The zero-order valence-corrected chi connectivity index (χ0v) is 13.3. The van der Waals surface area contributed by atoms with Crippen molar-refractivity contribution in [1.29, 1.82) is 0 Å². The number of hydrogen-bond acceptors (Lipinski definition) is 4. The summed E-state index contributed by atoms with van der Waals surface area (Å²) in [6, 6.07) is 8.83. The summed E-state index contributed by atoms with van der Waals surface area (Å²) in [5.74, 6) is -3.29. The Morgan fingerprint density at radius 1 is 1.04 bits per heavy atom. The zero-order valence-electron chi connectivity index (χ0n) is 13.3. The molecule has 0 unspecified atom stereocenters. The van der Waals surface area contributed by atoms with Crippen molar-refractivity contribution >= 4 is 18.0 Å². The first-order chi connectivity index (χ1) is 10.6. The van der Waals surface area contributed by atoms with Gasteiger partial charge in [0.05, 0.1) is 0 Å². The van der Waals surface area contributed by atoms with Gasteiger partial charge >= 0.3 is 18.0 Å². The van der Waals surface area contributed by atoms with Gasteiger partial charge in [-0.05, 0) is 39.2 Å². The SMILES string of the molecule is CC(C)(C)OC(=O)NC(CCc1ccccc1)(C(=O)O)C(=O)O. The monoisotopic (exact) mass is 323 g/mol. The Morgan fingerprint density at radius 2 is 1.57 bits per heavy atom. The van der Waals surface area contributed by atoms with E-state index in [1.54, 1.807) is 51.1 Å². The highest BCUT2D eigenvalue weighted by atomic mass is 16.6. The smallest absolute Gasteiger partial charge is 0.409 e. The van der Waals surface area contributed by atoms with Crippen molar-refractivity contribution in [2.45, 2.75) is 44.8 Å². The quantitative estimate of drug-likeness (QED) is 0.691. The second-order valence-electron chi connectivity index (χ2n) is 6.13. The summed E-state index contributed by atoms with van der Waals surface area (Å²) in [5, 5.41) is 20.7. The van der Waals surface area contributed by atoms with E-state index in [1.165, 1.54) is 0 Å². The fourth-order valence-corrected chi connectivity index (χ4v) is 1.93. The van der Waals surface area contributed by atoms with E-state index in [2.05, 4.69) is 0 Å². The third-order valence-electron chi connectivity index (χ3n) is 3.08. The van der Waals surface area contributed by atoms with Crippen molar-refractivity contribution in [2.24, 2.45) is 0 Å². The van der Waals surface area contributed by atoms with Crippen molar-refractivity contribution < 1.29 is 29.3 Å². The summed E-state index contributed by atoms with van der Waals surface area (Å²) >= 11 is 0. The first kappa shape index (κ1) is 18.5. The largest absolute Gasteiger partial charge is 0.479 e. The number of carbonyl (C=O) groups is 3. The van der Waals surface area contributed by atoms with Gasteiger partial charge in [0, 0.05) is 0 Å². The molecule has 0 aliphatic heterocycles. The lowest BCUT2D eigenvalue weighted by Crippen LogP contribution is -2.61. The minimum absolute atomic E-state index is 0.176. The minimum Gasteiger partial charge on any atom is -0.479 e. The van der Waals surface area contributed by atoms with E-state index >= 15 is 0 Å². The Morgan fingerprint density at radius 3 is 2.00 bits per heavy atom. The lowest BCUT2D eigenvalue weighted by atomic mass is 9.91. The lowest BCUT2D eigenvalue weighted by molar-refractivity contribution is -0.159. The van der Waals surface area contributed by atoms with Crippen molar-refractivity contribution in [3.05, 3.63) is 35.9 Å². The molecule has 1 aromatic rings. The summed E-state index contributed by atoms with van der Waals surface area (Å²) < 4.78 is 4.97. The number of carbonyl (C=O) groups excluding carboxylic acids is 1. The number of alkyl carbamates (subject to hydrolysis) is 1. The molecule has 0 aliphatic carbocycles. The van der Waals surface area contributed by atoms with Gasteiger partial charge in [0.15, 0.2) is 0 Å². The molecule has 0 saturated carbocycles. The number of aryl methyl sites for hydroxylation is 1. The third kappa shape index (κ3) is 5.28. The van der Waals surface area contributed by atoms with Gasteiger partial charge in [-0.2, -0.15) is 0 Å². The molecule has 0 bridgehead atoms. The first-order valence-electron chi connectivity index (χ1n) is 7.09. The Bertz CT molecular complexity index is 562. The molecule has 0 atom stereocenters. The number of hydrogen-bond donors (Lipinski definition) is 3. The molecule has 23 heavy (non-hydrogen) atoms. The van der Waals surface area contributed by atoms with Crippen LogP contribution in [-0.4, -0.2) is 39.4 Å². The zero-order chi connectivity index (χ0) is 17.7. The van der Waals surface area contributed by atoms with E-state index in [4.69, 9.17) is 4.74 Å². The molecule has 1 aromatic carbocycles. The summed E-state index contributed by atoms with van der Waals surface area (Å²) in [6.45, 7) is 4.79. The molecule has 3 N–H and O–H groups in total. The van der Waals surface area contributed by atoms with Gasteiger partial charge in [-0.3, -0.25) is 5.32 Å². The maximum absolute atomic E-state index is 11.8. The topological polar surface area (TPSA) is 113 Å². The maximum atomic E-state index is 11.8. The van der Waals surface area contributed by atoms with Crippen LogP contribution in [0.5, 0.6) is 0 Å². The normalized spacial score (nSPS) is 11.6. The Balaban J connectivity index is 2.96. The molecular weight excluding hydrogens is 302 g/mol. The molecule has 7 nitrogen and oxygen atoms in total. The van der Waals surface area contributed by atoms with E-state index in [0.29, 0.717) is 0 Å². The second kappa shape index (κ2) is 7.13. The number of aliphatic carboxylic acids is 2. The maximum Gasteiger partial charge on any atom is 0.409 e. The molecule has 0 saturated heterocycles. The molecule has 0 fully saturated rings. The van der Waals surface area contributed by atoms with Crippen LogP contribution in [0.25, 0.3) is 0 Å². The van der Waals surface area contributed by atoms with Crippen LogP contribution < -0.4 is 5.32 Å². The Labute approximate surface area is 134 Å². The predicted molar refractivity (Wildman–Crippen MR) is 82.1 cm³/mol. The van der Waals surface area contributed by atoms with Crippen LogP contribution in [0.1, 0.15) is 32.8 Å². The van der Waals surface area contributed by atoms with Crippen LogP contribution in [0.3, 0.4) is 0 Å². The molecule has 1 rings (SSSR count). The van der Waals surface area contributed by atoms with E-state index in [-0.39, 0.29) is 12.8 Å². The van der Waals surface area contributed by atoms with Gasteiger partial charge in [-0.1, -0.05) is 30.3 Å². The molecule has 126 valence electrons. The molecule has 0 spiro atoms. The number of ether oxygens (including phenoxy) is 1. The number of benzene rings is 1. The highest BCUT2D eigenvalue weighted by Gasteiger charge is 2.48. The van der Waals surface area contributed by atoms with Crippen LogP contribution in [0.4, 0.5) is 4.79 Å². The number of rotatable bonds is 6. The van der Waals surface area contributed by atoms with Crippen LogP contribution >= 0.6 is 0 Å². The number of carboxylic acids is 2. The molecular formula is C16H21NO6. The van der Waals surface area contributed by atoms with E-state index in [1.807, 2.05) is 5.32 Å². The molecule has 0 aromatic heterocycles. The van der Waals surface area contributed by atoms with Crippen LogP contribution in [0.2, 0.25) is 0 Å². The molecule has 1 amide bonds. The van der Waals surface area contributed by atoms with Gasteiger partial charge in [0.1, 0.15) is 5.60 Å². The van der Waals surface area contributed by atoms with Gasteiger partial charge < -0.3 is 14.9 Å². The second-order valence-corrected chi connectivity index (χ2v) is 6.13. The van der Waals surface area contributed by atoms with Crippen LogP contribution in [0, 0.1) is 0 Å². The average Bonchev–Trinajstić information content (AvgIpc) is 2.41. The van der Waals surface area contributed by atoms with Crippen molar-refractivity contribution in [3.63, 3.8) is 0 Å². The lowest BCUT2D eigenvalue weighted by Gasteiger charge is -2.28. The van der Waals surface area contributed by atoms with E-state index in [9.17, 15) is 24.6 Å². The first-order valence-corrected chi connectivity index (χ1v) is 7.09. The van der Waals surface area contributed by atoms with Gasteiger partial charge in [-0.15, -0.1) is 0 Å². The summed E-state index contributed by atoms with van der Waals surface area (Å²) in [7, 11) is 0. The van der Waals surface area contributed by atoms with Gasteiger partial charge in [0.2, 0.25) is 5.54 Å². The minimum atomic E-state index is -2.45. The fraction of sp³-hybridized carbons (Fsp3) is 0.438. The standard InChI is InChI=1S/C16H21NO6/c1-15(2,3)23-14(22)17-16(12(18)19,13(20)21)10-9-11-7-5-4-6-8-11/h4-8H,9-10H2,1-3H3,(H,17,22)(H,18,19)(H,20,21). The summed E-state index contributed by atoms with van der Waals surface area (Å²) in [4.78, 5) is 34.9. The fourth-order valence-electron chi connectivity index (χ4n) is 1.93. The highest BCUT2D eigenvalue weighted by Crippen LogP contribution is 2.18. The van der Waals surface area contributed by atoms with Crippen LogP contribution in [0.15, 0.2) is 30.3 Å². The summed E-state index contributed by atoms with van der Waals surface area (Å²) in [6.07, 6.45) is -1.22. The third-order valence-corrected chi connectivity index (χ3v) is 3.08. The Kier molecular flexibility index (Phi) is 5.73. The number of carboxylic acid groups (broad SMARTS) is 2. The molecule has 0 radical (unpaired) electrons. The van der Waals surface area contributed by atoms with Crippen molar-refractivity contribution in [1.82, 2.24) is 5.32 Å². The number of nitrogens with one attached hydrogen (secondary N) is 1. The summed E-state index contributed by atoms with van der Waals surface area (Å²) in [5.41, 5.74) is -2.55. The van der Waals surface area contributed by atoms with Crippen molar-refractivity contribution in [3.8, 4) is 0 Å². The van der Waals surface area contributed by atoms with E-state index in [0.717, 1.165) is 5.56 Å². The van der Waals surface area contributed by atoms with Crippen molar-refractivity contribution in [2.75, 3.05) is 0 Å². The molecule has 7 heteroatoms. The van der Waals surface area contributed by atoms with Gasteiger partial charge in [0.25, 0.3) is 0 Å². The van der Waals surface area contributed by atoms with Gasteiger partial charge in [-0.25, -0.2) is 14.4 Å². The van der Waals surface area contributed by atoms with E-state index < -0.39 is 29.2 Å². The highest BCUT2D eigenvalue weighted by molar-refractivity contribution is 6.05. The van der Waals surface area contributed by atoms with Crippen LogP contribution in [-0.2, 0) is 20.7 Å². The molecule has 0 heterocycles. The average molecular weight is 323 g/mol.